The van der Waals surface area contributed by atoms with Crippen LogP contribution in [0.5, 0.6) is 0 Å². The van der Waals surface area contributed by atoms with Crippen LogP contribution in [0.15, 0.2) is 61.1 Å². The van der Waals surface area contributed by atoms with Crippen molar-refractivity contribution in [3.05, 3.63) is 72.3 Å². The van der Waals surface area contributed by atoms with Crippen LogP contribution in [-0.2, 0) is 11.2 Å². The lowest BCUT2D eigenvalue weighted by molar-refractivity contribution is -0.116. The molecule has 0 saturated heterocycles. The van der Waals surface area contributed by atoms with E-state index in [4.69, 9.17) is 0 Å². The summed E-state index contributed by atoms with van der Waals surface area (Å²) in [7, 11) is 0. The molecule has 4 rings (SSSR count). The highest BCUT2D eigenvalue weighted by molar-refractivity contribution is 6.03. The molecule has 6 nitrogen and oxygen atoms in total. The Kier molecular flexibility index (Phi) is 4.01. The number of imidazole rings is 1. The number of amides is 2. The summed E-state index contributed by atoms with van der Waals surface area (Å²) in [4.78, 5) is 30.2. The van der Waals surface area contributed by atoms with Crippen molar-refractivity contribution in [2.75, 3.05) is 16.8 Å². The van der Waals surface area contributed by atoms with E-state index in [9.17, 15) is 9.59 Å². The number of benzene rings is 2. The zero-order chi connectivity index (χ0) is 18.1. The summed E-state index contributed by atoms with van der Waals surface area (Å²) in [5.41, 5.74) is 4.03. The van der Waals surface area contributed by atoms with E-state index in [1.807, 2.05) is 48.5 Å². The second-order valence-electron chi connectivity index (χ2n) is 6.20. The molecule has 6 heteroatoms. The SMILES string of the molecule is CC(=O)N1CCc2cc(NC(=O)c3cncn3-c3ccccc3)ccc21. The maximum atomic E-state index is 12.7. The molecule has 26 heavy (non-hydrogen) atoms. The highest BCUT2D eigenvalue weighted by Gasteiger charge is 2.22. The third-order valence-electron chi connectivity index (χ3n) is 4.52. The molecule has 130 valence electrons. The molecule has 0 bridgehead atoms. The second kappa shape index (κ2) is 6.48. The van der Waals surface area contributed by atoms with Gasteiger partial charge in [0.25, 0.3) is 5.91 Å². The molecule has 0 atom stereocenters. The molecular formula is C20H18N4O2. The van der Waals surface area contributed by atoms with Crippen molar-refractivity contribution in [1.82, 2.24) is 9.55 Å². The van der Waals surface area contributed by atoms with Gasteiger partial charge in [-0.15, -0.1) is 0 Å². The summed E-state index contributed by atoms with van der Waals surface area (Å²) >= 11 is 0. The van der Waals surface area contributed by atoms with E-state index in [1.54, 1.807) is 28.9 Å². The molecule has 0 fully saturated rings. The number of nitrogens with one attached hydrogen (secondary N) is 1. The monoisotopic (exact) mass is 346 g/mol. The van der Waals surface area contributed by atoms with Crippen LogP contribution in [0.4, 0.5) is 11.4 Å². The average molecular weight is 346 g/mol. The van der Waals surface area contributed by atoms with Crippen molar-refractivity contribution >= 4 is 23.2 Å². The first-order valence-corrected chi connectivity index (χ1v) is 8.43. The van der Waals surface area contributed by atoms with Crippen LogP contribution >= 0.6 is 0 Å². The van der Waals surface area contributed by atoms with Gasteiger partial charge in [-0.2, -0.15) is 0 Å². The lowest BCUT2D eigenvalue weighted by atomic mass is 10.1. The van der Waals surface area contributed by atoms with Crippen molar-refractivity contribution in [3.63, 3.8) is 0 Å². The number of hydrogen-bond acceptors (Lipinski definition) is 3. The molecule has 0 aliphatic carbocycles. The Balaban J connectivity index is 1.57. The summed E-state index contributed by atoms with van der Waals surface area (Å²) in [6.07, 6.45) is 3.96. The molecule has 0 unspecified atom stereocenters. The van der Waals surface area contributed by atoms with Crippen molar-refractivity contribution in [2.45, 2.75) is 13.3 Å². The summed E-state index contributed by atoms with van der Waals surface area (Å²) in [5.74, 6) is -0.194. The molecule has 2 heterocycles. The van der Waals surface area contributed by atoms with Gasteiger partial charge in [-0.05, 0) is 42.3 Å². The van der Waals surface area contributed by atoms with Gasteiger partial charge in [0.05, 0.1) is 12.5 Å². The largest absolute Gasteiger partial charge is 0.321 e. The van der Waals surface area contributed by atoms with E-state index in [-0.39, 0.29) is 11.8 Å². The Morgan fingerprint density at radius 3 is 2.69 bits per heavy atom. The van der Waals surface area contributed by atoms with E-state index in [1.165, 1.54) is 0 Å². The predicted molar refractivity (Wildman–Crippen MR) is 99.7 cm³/mol. The third-order valence-corrected chi connectivity index (χ3v) is 4.52. The van der Waals surface area contributed by atoms with E-state index in [0.29, 0.717) is 17.9 Å². The van der Waals surface area contributed by atoms with Crippen LogP contribution in [0, 0.1) is 0 Å². The lowest BCUT2D eigenvalue weighted by Gasteiger charge is -2.15. The quantitative estimate of drug-likeness (QED) is 0.793. The number of aromatic nitrogens is 2. The Morgan fingerprint density at radius 2 is 1.92 bits per heavy atom. The smallest absolute Gasteiger partial charge is 0.274 e. The molecule has 2 aromatic carbocycles. The minimum Gasteiger partial charge on any atom is -0.321 e. The highest BCUT2D eigenvalue weighted by atomic mass is 16.2. The number of carbonyl (C=O) groups is 2. The van der Waals surface area contributed by atoms with Gasteiger partial charge in [0.1, 0.15) is 5.69 Å². The van der Waals surface area contributed by atoms with Gasteiger partial charge in [-0.3, -0.25) is 14.2 Å². The topological polar surface area (TPSA) is 67.2 Å². The number of carbonyl (C=O) groups excluding carboxylic acids is 2. The minimum absolute atomic E-state index is 0.0345. The Bertz CT molecular complexity index is 978. The summed E-state index contributed by atoms with van der Waals surface area (Å²) < 4.78 is 1.75. The molecule has 0 spiro atoms. The van der Waals surface area contributed by atoms with Crippen LogP contribution in [-0.4, -0.2) is 27.9 Å². The van der Waals surface area contributed by atoms with Gasteiger partial charge in [0.15, 0.2) is 0 Å². The first kappa shape index (κ1) is 16.1. The van der Waals surface area contributed by atoms with Crippen LogP contribution in [0.2, 0.25) is 0 Å². The number of fused-ring (bicyclic) bond motifs is 1. The molecule has 2 amide bonds. The van der Waals surface area contributed by atoms with Crippen molar-refractivity contribution < 1.29 is 9.59 Å². The lowest BCUT2D eigenvalue weighted by Crippen LogP contribution is -2.25. The third kappa shape index (κ3) is 2.86. The number of rotatable bonds is 3. The fourth-order valence-corrected chi connectivity index (χ4v) is 3.26. The van der Waals surface area contributed by atoms with Gasteiger partial charge in [0, 0.05) is 30.5 Å². The average Bonchev–Trinajstić information content (AvgIpc) is 3.29. The zero-order valence-electron chi connectivity index (χ0n) is 14.3. The fraction of sp³-hybridized carbons (Fsp3) is 0.150. The van der Waals surface area contributed by atoms with Crippen molar-refractivity contribution in [1.29, 1.82) is 0 Å². The number of nitrogens with zero attached hydrogens (tertiary/aromatic N) is 3. The first-order valence-electron chi connectivity index (χ1n) is 8.43. The number of para-hydroxylation sites is 1. The summed E-state index contributed by atoms with van der Waals surface area (Å²) in [5, 5.41) is 2.93. The van der Waals surface area contributed by atoms with E-state index in [2.05, 4.69) is 10.3 Å². The standard InChI is InChI=1S/C20H18N4O2/c1-14(25)23-10-9-15-11-16(7-8-18(15)23)22-20(26)19-12-21-13-24(19)17-5-3-2-4-6-17/h2-8,11-13H,9-10H2,1H3,(H,22,26). The maximum absolute atomic E-state index is 12.7. The van der Waals surface area contributed by atoms with E-state index in [0.717, 1.165) is 23.4 Å². The van der Waals surface area contributed by atoms with Gasteiger partial charge >= 0.3 is 0 Å². The molecular weight excluding hydrogens is 328 g/mol. The maximum Gasteiger partial charge on any atom is 0.274 e. The summed E-state index contributed by atoms with van der Waals surface area (Å²) in [6.45, 7) is 2.25. The number of anilines is 2. The van der Waals surface area contributed by atoms with Gasteiger partial charge in [-0.25, -0.2) is 4.98 Å². The molecule has 1 aliphatic rings. The normalized spacial score (nSPS) is 12.7. The molecule has 0 radical (unpaired) electrons. The second-order valence-corrected chi connectivity index (χ2v) is 6.20. The van der Waals surface area contributed by atoms with Crippen molar-refractivity contribution in [3.8, 4) is 5.69 Å². The van der Waals surface area contributed by atoms with Crippen LogP contribution in [0.25, 0.3) is 5.69 Å². The summed E-state index contributed by atoms with van der Waals surface area (Å²) in [6, 6.07) is 15.2. The first-order chi connectivity index (χ1) is 12.6. The molecule has 0 saturated carbocycles. The Labute approximate surface area is 151 Å². The highest BCUT2D eigenvalue weighted by Crippen LogP contribution is 2.30. The molecule has 3 aromatic rings. The van der Waals surface area contributed by atoms with E-state index < -0.39 is 0 Å². The Morgan fingerprint density at radius 1 is 1.12 bits per heavy atom. The van der Waals surface area contributed by atoms with Gasteiger partial charge < -0.3 is 10.2 Å². The minimum atomic E-state index is -0.229. The number of hydrogen-bond donors (Lipinski definition) is 1. The van der Waals surface area contributed by atoms with Gasteiger partial charge in [0.2, 0.25) is 5.91 Å². The zero-order valence-corrected chi connectivity index (χ0v) is 14.3. The molecule has 1 aromatic heterocycles. The predicted octanol–water partition coefficient (Wildman–Crippen LogP) is 3.03. The van der Waals surface area contributed by atoms with Crippen LogP contribution in [0.3, 0.4) is 0 Å². The van der Waals surface area contributed by atoms with E-state index >= 15 is 0 Å². The molecule has 1 aliphatic heterocycles. The van der Waals surface area contributed by atoms with Crippen molar-refractivity contribution in [2.24, 2.45) is 0 Å². The van der Waals surface area contributed by atoms with Crippen LogP contribution in [0.1, 0.15) is 23.0 Å². The fourth-order valence-electron chi connectivity index (χ4n) is 3.26. The molecule has 1 N–H and O–H groups in total. The Hall–Kier alpha value is -3.41. The van der Waals surface area contributed by atoms with Gasteiger partial charge in [-0.1, -0.05) is 18.2 Å². The van der Waals surface area contributed by atoms with Crippen LogP contribution < -0.4 is 10.2 Å².